The van der Waals surface area contributed by atoms with Crippen LogP contribution >= 0.6 is 0 Å². The number of hydrogen-bond donors (Lipinski definition) is 1. The van der Waals surface area contributed by atoms with Gasteiger partial charge in [0.15, 0.2) is 5.82 Å². The molecule has 5 nitrogen and oxygen atoms in total. The number of halogens is 1. The van der Waals surface area contributed by atoms with Crippen molar-refractivity contribution in [1.29, 1.82) is 0 Å². The lowest BCUT2D eigenvalue weighted by Gasteiger charge is -2.33. The molecule has 1 saturated heterocycles. The smallest absolute Gasteiger partial charge is 0.165 e. The zero-order chi connectivity index (χ0) is 17.4. The number of anilines is 1. The average molecular weight is 338 g/mol. The van der Waals surface area contributed by atoms with Crippen molar-refractivity contribution in [3.8, 4) is 17.1 Å². The monoisotopic (exact) mass is 338 g/mol. The summed E-state index contributed by atoms with van der Waals surface area (Å²) in [5, 5.41) is 11.0. The lowest BCUT2D eigenvalue weighted by molar-refractivity contribution is 0.312. The molecule has 0 unspecified atom stereocenters. The summed E-state index contributed by atoms with van der Waals surface area (Å²) in [7, 11) is 2.10. The van der Waals surface area contributed by atoms with E-state index in [-0.39, 0.29) is 11.6 Å². The zero-order valence-electron chi connectivity index (χ0n) is 14.0. The van der Waals surface area contributed by atoms with Gasteiger partial charge in [-0.2, -0.15) is 0 Å². The summed E-state index contributed by atoms with van der Waals surface area (Å²) in [6, 6.07) is 11.5. The first-order valence-electron chi connectivity index (χ1n) is 8.31. The lowest BCUT2D eigenvalue weighted by atomic mass is 10.1. The topological polar surface area (TPSA) is 52.5 Å². The predicted octanol–water partition coefficient (Wildman–Crippen LogP) is 2.89. The summed E-state index contributed by atoms with van der Waals surface area (Å²) < 4.78 is 13.7. The number of piperazine rings is 1. The highest BCUT2D eigenvalue weighted by Gasteiger charge is 2.20. The number of phenolic OH excluding ortho intramolecular Hbond substituents is 1. The number of rotatable bonds is 2. The Labute approximate surface area is 145 Å². The number of fused-ring (bicyclic) bond motifs is 1. The van der Waals surface area contributed by atoms with Crippen LogP contribution in [-0.4, -0.2) is 53.2 Å². The Morgan fingerprint density at radius 1 is 1.00 bits per heavy atom. The molecule has 0 atom stereocenters. The third kappa shape index (κ3) is 3.00. The molecule has 1 fully saturated rings. The van der Waals surface area contributed by atoms with Crippen LogP contribution in [0.25, 0.3) is 22.3 Å². The van der Waals surface area contributed by atoms with Crippen molar-refractivity contribution in [2.24, 2.45) is 0 Å². The minimum absolute atomic E-state index is 0.114. The van der Waals surface area contributed by atoms with Gasteiger partial charge in [0.1, 0.15) is 17.4 Å². The molecular weight excluding hydrogens is 319 g/mol. The van der Waals surface area contributed by atoms with E-state index >= 15 is 0 Å². The fraction of sp³-hybridized carbons (Fsp3) is 0.263. The number of hydrogen-bond acceptors (Lipinski definition) is 5. The second-order valence-electron chi connectivity index (χ2n) is 6.34. The quantitative estimate of drug-likeness (QED) is 0.779. The molecule has 0 spiro atoms. The molecule has 6 heteroatoms. The number of benzene rings is 2. The molecule has 2 aromatic carbocycles. The van der Waals surface area contributed by atoms with Gasteiger partial charge in [-0.15, -0.1) is 0 Å². The normalized spacial score (nSPS) is 15.7. The number of para-hydroxylation sites is 1. The first-order chi connectivity index (χ1) is 12.1. The molecule has 0 bridgehead atoms. The lowest BCUT2D eigenvalue weighted by Crippen LogP contribution is -2.45. The van der Waals surface area contributed by atoms with E-state index < -0.39 is 0 Å². The van der Waals surface area contributed by atoms with E-state index in [0.29, 0.717) is 16.9 Å². The van der Waals surface area contributed by atoms with Gasteiger partial charge in [-0.25, -0.2) is 14.4 Å². The Morgan fingerprint density at radius 3 is 2.52 bits per heavy atom. The van der Waals surface area contributed by atoms with Crippen molar-refractivity contribution in [3.63, 3.8) is 0 Å². The number of likely N-dealkylation sites (N-methyl/N-ethyl adjacent to an activating group) is 1. The Kier molecular flexibility index (Phi) is 3.97. The molecule has 1 N–H and O–H groups in total. The number of aromatic hydroxyl groups is 1. The SMILES string of the molecule is CN1CCN(c2nc(-c3ccccc3O)nc3cc(F)ccc23)CC1. The zero-order valence-corrected chi connectivity index (χ0v) is 14.0. The molecule has 1 aromatic heterocycles. The summed E-state index contributed by atoms with van der Waals surface area (Å²) in [6.45, 7) is 3.58. The third-order valence-electron chi connectivity index (χ3n) is 4.59. The van der Waals surface area contributed by atoms with Crippen LogP contribution in [0.2, 0.25) is 0 Å². The Hall–Kier alpha value is -2.73. The molecule has 2 heterocycles. The van der Waals surface area contributed by atoms with E-state index in [2.05, 4.69) is 21.8 Å². The van der Waals surface area contributed by atoms with Crippen molar-refractivity contribution < 1.29 is 9.50 Å². The number of nitrogens with zero attached hydrogens (tertiary/aromatic N) is 4. The average Bonchev–Trinajstić information content (AvgIpc) is 2.61. The standard InChI is InChI=1S/C19H19FN4O/c1-23-8-10-24(11-9-23)19-14-7-6-13(20)12-16(14)21-18(22-19)15-4-2-3-5-17(15)25/h2-7,12,25H,8-11H2,1H3. The van der Waals surface area contributed by atoms with E-state index in [1.807, 2.05) is 6.07 Å². The van der Waals surface area contributed by atoms with Crippen molar-refractivity contribution in [1.82, 2.24) is 14.9 Å². The van der Waals surface area contributed by atoms with Gasteiger partial charge in [0.25, 0.3) is 0 Å². The van der Waals surface area contributed by atoms with Crippen LogP contribution in [-0.2, 0) is 0 Å². The first-order valence-corrected chi connectivity index (χ1v) is 8.31. The van der Waals surface area contributed by atoms with Crippen LogP contribution in [0.4, 0.5) is 10.2 Å². The highest BCUT2D eigenvalue weighted by molar-refractivity contribution is 5.91. The van der Waals surface area contributed by atoms with Crippen LogP contribution in [0, 0.1) is 5.82 Å². The molecule has 0 radical (unpaired) electrons. The second kappa shape index (κ2) is 6.29. The summed E-state index contributed by atoms with van der Waals surface area (Å²) in [5.74, 6) is 0.975. The molecular formula is C19H19FN4O. The molecule has 0 aliphatic carbocycles. The predicted molar refractivity (Wildman–Crippen MR) is 96.3 cm³/mol. The summed E-state index contributed by atoms with van der Waals surface area (Å²) >= 11 is 0. The molecule has 4 rings (SSSR count). The maximum absolute atomic E-state index is 13.7. The maximum atomic E-state index is 13.7. The van der Waals surface area contributed by atoms with Gasteiger partial charge in [0, 0.05) is 37.6 Å². The Bertz CT molecular complexity index is 922. The Balaban J connectivity index is 1.89. The van der Waals surface area contributed by atoms with Crippen LogP contribution in [0.15, 0.2) is 42.5 Å². The second-order valence-corrected chi connectivity index (χ2v) is 6.34. The molecule has 25 heavy (non-hydrogen) atoms. The fourth-order valence-electron chi connectivity index (χ4n) is 3.13. The van der Waals surface area contributed by atoms with Gasteiger partial charge in [-0.05, 0) is 31.3 Å². The van der Waals surface area contributed by atoms with Crippen molar-refractivity contribution in [2.45, 2.75) is 0 Å². The van der Waals surface area contributed by atoms with Gasteiger partial charge < -0.3 is 14.9 Å². The largest absolute Gasteiger partial charge is 0.507 e. The van der Waals surface area contributed by atoms with Crippen LogP contribution in [0.5, 0.6) is 5.75 Å². The van der Waals surface area contributed by atoms with Crippen LogP contribution in [0.1, 0.15) is 0 Å². The van der Waals surface area contributed by atoms with Crippen molar-refractivity contribution >= 4 is 16.7 Å². The van der Waals surface area contributed by atoms with Crippen molar-refractivity contribution in [2.75, 3.05) is 38.1 Å². The van der Waals surface area contributed by atoms with Crippen molar-refractivity contribution in [3.05, 3.63) is 48.3 Å². The summed E-state index contributed by atoms with van der Waals surface area (Å²) in [6.07, 6.45) is 0. The van der Waals surface area contributed by atoms with Gasteiger partial charge in [-0.1, -0.05) is 12.1 Å². The van der Waals surface area contributed by atoms with Crippen LogP contribution in [0.3, 0.4) is 0 Å². The molecule has 3 aromatic rings. The highest BCUT2D eigenvalue weighted by atomic mass is 19.1. The summed E-state index contributed by atoms with van der Waals surface area (Å²) in [4.78, 5) is 13.7. The molecule has 0 amide bonds. The maximum Gasteiger partial charge on any atom is 0.165 e. The van der Waals surface area contributed by atoms with E-state index in [4.69, 9.17) is 4.98 Å². The van der Waals surface area contributed by atoms with E-state index in [1.165, 1.54) is 12.1 Å². The van der Waals surface area contributed by atoms with Gasteiger partial charge in [0.2, 0.25) is 0 Å². The van der Waals surface area contributed by atoms with Crippen LogP contribution < -0.4 is 4.90 Å². The number of phenols is 1. The van der Waals surface area contributed by atoms with E-state index in [0.717, 1.165) is 37.4 Å². The van der Waals surface area contributed by atoms with Gasteiger partial charge >= 0.3 is 0 Å². The minimum atomic E-state index is -0.334. The minimum Gasteiger partial charge on any atom is -0.507 e. The van der Waals surface area contributed by atoms with Gasteiger partial charge in [0.05, 0.1) is 11.1 Å². The molecule has 1 aliphatic rings. The number of aromatic nitrogens is 2. The third-order valence-corrected chi connectivity index (χ3v) is 4.59. The fourth-order valence-corrected chi connectivity index (χ4v) is 3.13. The molecule has 0 saturated carbocycles. The van der Waals surface area contributed by atoms with Gasteiger partial charge in [-0.3, -0.25) is 0 Å². The Morgan fingerprint density at radius 2 is 1.76 bits per heavy atom. The summed E-state index contributed by atoms with van der Waals surface area (Å²) in [5.41, 5.74) is 1.09. The molecule has 1 aliphatic heterocycles. The van der Waals surface area contributed by atoms with E-state index in [9.17, 15) is 9.50 Å². The highest BCUT2D eigenvalue weighted by Crippen LogP contribution is 2.32. The van der Waals surface area contributed by atoms with E-state index in [1.54, 1.807) is 24.3 Å². The molecule has 128 valence electrons. The first kappa shape index (κ1) is 15.8.